The van der Waals surface area contributed by atoms with Gasteiger partial charge in [0.2, 0.25) is 5.91 Å². The number of rotatable bonds is 4. The number of aliphatic carboxylic acids is 2. The van der Waals surface area contributed by atoms with Crippen LogP contribution in [0.2, 0.25) is 0 Å². The molecule has 40 heavy (non-hydrogen) atoms. The molecule has 2 fully saturated rings. The molecule has 2 N–H and O–H groups in total. The SMILES string of the molecule is Cc1cccc(CN2C(=O)CCC23CCN(Cc2ccncc2)CC3)c1.O=C(O)C(F)(F)F.O=C(O)C(F)(F)F. The van der Waals surface area contributed by atoms with Gasteiger partial charge >= 0.3 is 24.3 Å². The number of alkyl halides is 6. The third kappa shape index (κ3) is 9.81. The van der Waals surface area contributed by atoms with Gasteiger partial charge in [0, 0.05) is 50.5 Å². The number of pyridine rings is 1. The fourth-order valence-corrected chi connectivity index (χ4v) is 4.52. The lowest BCUT2D eigenvalue weighted by Crippen LogP contribution is -2.52. The second-order valence-electron chi connectivity index (χ2n) is 9.43. The Bertz CT molecular complexity index is 1130. The van der Waals surface area contributed by atoms with Crippen LogP contribution in [0.25, 0.3) is 0 Å². The highest BCUT2D eigenvalue weighted by atomic mass is 19.4. The molecule has 14 heteroatoms. The second kappa shape index (κ2) is 13.6. The van der Waals surface area contributed by atoms with Crippen molar-refractivity contribution in [3.05, 3.63) is 65.5 Å². The third-order valence-corrected chi connectivity index (χ3v) is 6.53. The number of benzene rings is 1. The zero-order chi connectivity index (χ0) is 30.1. The molecular formula is C26H29F6N3O5. The summed E-state index contributed by atoms with van der Waals surface area (Å²) in [7, 11) is 0. The van der Waals surface area contributed by atoms with Crippen molar-refractivity contribution in [2.24, 2.45) is 0 Å². The molecule has 8 nitrogen and oxygen atoms in total. The molecule has 0 unspecified atom stereocenters. The van der Waals surface area contributed by atoms with Gasteiger partial charge in [0.1, 0.15) is 0 Å². The summed E-state index contributed by atoms with van der Waals surface area (Å²) < 4.78 is 63.5. The summed E-state index contributed by atoms with van der Waals surface area (Å²) in [4.78, 5) is 39.2. The number of aryl methyl sites for hydroxylation is 1. The Kier molecular flexibility index (Phi) is 11.1. The fourth-order valence-electron chi connectivity index (χ4n) is 4.52. The van der Waals surface area contributed by atoms with Crippen molar-refractivity contribution < 1.29 is 50.9 Å². The van der Waals surface area contributed by atoms with Crippen molar-refractivity contribution in [2.75, 3.05) is 13.1 Å². The molecule has 2 saturated heterocycles. The predicted octanol–water partition coefficient (Wildman–Crippen LogP) is 4.81. The second-order valence-corrected chi connectivity index (χ2v) is 9.43. The third-order valence-electron chi connectivity index (χ3n) is 6.53. The molecule has 1 aromatic heterocycles. The largest absolute Gasteiger partial charge is 0.490 e. The first-order valence-corrected chi connectivity index (χ1v) is 12.1. The molecule has 3 heterocycles. The number of carboxylic acids is 2. The standard InChI is InChI=1S/C22H27N3O.2C2HF3O2/c1-18-3-2-4-20(15-18)17-25-21(26)5-8-22(25)9-13-24(14-10-22)16-19-6-11-23-12-7-19;2*3-2(4,5)1(6)7/h2-4,6-7,11-12,15H,5,8-10,13-14,16-17H2,1H3;2*(H,6,7). The van der Waals surface area contributed by atoms with Crippen LogP contribution < -0.4 is 0 Å². The summed E-state index contributed by atoms with van der Waals surface area (Å²) in [6, 6.07) is 12.7. The molecule has 2 aromatic rings. The van der Waals surface area contributed by atoms with Crippen LogP contribution >= 0.6 is 0 Å². The van der Waals surface area contributed by atoms with Crippen LogP contribution in [0.4, 0.5) is 26.3 Å². The highest BCUT2D eigenvalue weighted by Gasteiger charge is 2.46. The van der Waals surface area contributed by atoms with Gasteiger partial charge in [-0.1, -0.05) is 29.8 Å². The van der Waals surface area contributed by atoms with Crippen molar-refractivity contribution in [3.8, 4) is 0 Å². The van der Waals surface area contributed by atoms with E-state index in [1.807, 2.05) is 12.4 Å². The van der Waals surface area contributed by atoms with Gasteiger partial charge in [0.15, 0.2) is 0 Å². The van der Waals surface area contributed by atoms with E-state index >= 15 is 0 Å². The zero-order valence-electron chi connectivity index (χ0n) is 21.5. The monoisotopic (exact) mass is 577 g/mol. The summed E-state index contributed by atoms with van der Waals surface area (Å²) >= 11 is 0. The molecule has 1 aromatic carbocycles. The van der Waals surface area contributed by atoms with Crippen molar-refractivity contribution >= 4 is 17.8 Å². The molecule has 220 valence electrons. The summed E-state index contributed by atoms with van der Waals surface area (Å²) in [5.41, 5.74) is 3.89. The number of likely N-dealkylation sites (tertiary alicyclic amines) is 2. The van der Waals surface area contributed by atoms with Crippen molar-refractivity contribution in [1.29, 1.82) is 0 Å². The van der Waals surface area contributed by atoms with Crippen LogP contribution in [-0.2, 0) is 27.5 Å². The first kappa shape index (κ1) is 32.5. The number of carboxylic acid groups (broad SMARTS) is 2. The Morgan fingerprint density at radius 2 is 1.40 bits per heavy atom. The number of carbonyl (C=O) groups is 3. The lowest BCUT2D eigenvalue weighted by molar-refractivity contribution is -0.193. The number of hydrogen-bond acceptors (Lipinski definition) is 5. The summed E-state index contributed by atoms with van der Waals surface area (Å²) in [5.74, 6) is -5.19. The quantitative estimate of drug-likeness (QED) is 0.502. The smallest absolute Gasteiger partial charge is 0.475 e. The van der Waals surface area contributed by atoms with E-state index < -0.39 is 24.3 Å². The molecule has 0 saturated carbocycles. The van der Waals surface area contributed by atoms with Crippen molar-refractivity contribution in [1.82, 2.24) is 14.8 Å². The maximum atomic E-state index is 12.6. The highest BCUT2D eigenvalue weighted by molar-refractivity contribution is 5.79. The zero-order valence-corrected chi connectivity index (χ0v) is 21.5. The topological polar surface area (TPSA) is 111 Å². The predicted molar refractivity (Wildman–Crippen MR) is 130 cm³/mol. The average Bonchev–Trinajstić information content (AvgIpc) is 3.16. The van der Waals surface area contributed by atoms with Gasteiger partial charge in [-0.25, -0.2) is 9.59 Å². The number of carbonyl (C=O) groups excluding carboxylic acids is 1. The Hall–Kier alpha value is -3.68. The van der Waals surface area contributed by atoms with Crippen LogP contribution in [0.3, 0.4) is 0 Å². The number of amides is 1. The van der Waals surface area contributed by atoms with E-state index in [0.717, 1.165) is 45.4 Å². The molecule has 0 bridgehead atoms. The molecule has 1 spiro atoms. The highest BCUT2D eigenvalue weighted by Crippen LogP contribution is 2.40. The Morgan fingerprint density at radius 1 is 0.875 bits per heavy atom. The number of piperidine rings is 1. The van der Waals surface area contributed by atoms with E-state index in [9.17, 15) is 31.1 Å². The Labute approximate surface area is 226 Å². The first-order chi connectivity index (χ1) is 18.5. The molecule has 2 aliphatic heterocycles. The van der Waals surface area contributed by atoms with Crippen molar-refractivity contribution in [2.45, 2.75) is 63.6 Å². The first-order valence-electron chi connectivity index (χ1n) is 12.1. The van der Waals surface area contributed by atoms with Crippen LogP contribution in [0.5, 0.6) is 0 Å². The van der Waals surface area contributed by atoms with Gasteiger partial charge in [0.25, 0.3) is 0 Å². The summed E-state index contributed by atoms with van der Waals surface area (Å²) in [5, 5.41) is 14.2. The number of nitrogens with zero attached hydrogens (tertiary/aromatic N) is 3. The maximum Gasteiger partial charge on any atom is 0.490 e. The molecular weight excluding hydrogens is 548 g/mol. The number of halogens is 6. The Morgan fingerprint density at radius 3 is 1.88 bits per heavy atom. The van der Waals surface area contributed by atoms with E-state index in [0.29, 0.717) is 12.3 Å². The molecule has 2 aliphatic rings. The number of aromatic nitrogens is 1. The van der Waals surface area contributed by atoms with E-state index in [-0.39, 0.29) is 5.54 Å². The number of hydrogen-bond donors (Lipinski definition) is 2. The maximum absolute atomic E-state index is 12.6. The van der Waals surface area contributed by atoms with Gasteiger partial charge in [-0.05, 0) is 49.4 Å². The van der Waals surface area contributed by atoms with Gasteiger partial charge in [0.05, 0.1) is 0 Å². The molecule has 0 radical (unpaired) electrons. The summed E-state index contributed by atoms with van der Waals surface area (Å²) in [6.45, 7) is 5.96. The molecule has 1 amide bonds. The van der Waals surface area contributed by atoms with Gasteiger partial charge in [-0.2, -0.15) is 26.3 Å². The van der Waals surface area contributed by atoms with Crippen molar-refractivity contribution in [3.63, 3.8) is 0 Å². The molecule has 0 atom stereocenters. The molecule has 4 rings (SSSR count). The van der Waals surface area contributed by atoms with Crippen LogP contribution in [0, 0.1) is 6.92 Å². The van der Waals surface area contributed by atoms with E-state index in [1.165, 1.54) is 16.7 Å². The average molecular weight is 578 g/mol. The van der Waals surface area contributed by atoms with E-state index in [4.69, 9.17) is 19.8 Å². The van der Waals surface area contributed by atoms with E-state index in [2.05, 4.69) is 58.1 Å². The summed E-state index contributed by atoms with van der Waals surface area (Å²) in [6.07, 6.45) is -2.57. The van der Waals surface area contributed by atoms with Crippen LogP contribution in [-0.4, -0.2) is 73.8 Å². The molecule has 0 aliphatic carbocycles. The van der Waals surface area contributed by atoms with Crippen LogP contribution in [0.1, 0.15) is 42.4 Å². The minimum Gasteiger partial charge on any atom is -0.475 e. The minimum atomic E-state index is -5.08. The van der Waals surface area contributed by atoms with Gasteiger partial charge < -0.3 is 15.1 Å². The lowest BCUT2D eigenvalue weighted by atomic mass is 9.84. The Balaban J connectivity index is 0.000000333. The minimum absolute atomic E-state index is 0.0651. The van der Waals surface area contributed by atoms with Crippen LogP contribution in [0.15, 0.2) is 48.8 Å². The van der Waals surface area contributed by atoms with E-state index in [1.54, 1.807) is 0 Å². The normalized spacial score (nSPS) is 17.0. The lowest BCUT2D eigenvalue weighted by Gasteiger charge is -2.45. The van der Waals surface area contributed by atoms with Gasteiger partial charge in [-0.15, -0.1) is 0 Å². The van der Waals surface area contributed by atoms with Gasteiger partial charge in [-0.3, -0.25) is 14.7 Å². The fraction of sp³-hybridized carbons (Fsp3) is 0.462.